The quantitative estimate of drug-likeness (QED) is 0.334. The molecular weight excluding hydrogens is 448 g/mol. The summed E-state index contributed by atoms with van der Waals surface area (Å²) in [5.74, 6) is 0.150. The molecule has 2 aromatic carbocycles. The minimum atomic E-state index is -0.0842. The van der Waals surface area contributed by atoms with Gasteiger partial charge in [-0.2, -0.15) is 5.10 Å². The van der Waals surface area contributed by atoms with E-state index in [1.54, 1.807) is 6.20 Å². The van der Waals surface area contributed by atoms with Gasteiger partial charge in [-0.25, -0.2) is 14.6 Å². The Labute approximate surface area is 202 Å². The highest BCUT2D eigenvalue weighted by atomic mass is 32.2. The third kappa shape index (κ3) is 4.62. The molecule has 0 unspecified atom stereocenters. The van der Waals surface area contributed by atoms with Gasteiger partial charge in [-0.3, -0.25) is 4.79 Å². The van der Waals surface area contributed by atoms with Crippen LogP contribution < -0.4 is 10.2 Å². The molecule has 1 fully saturated rings. The van der Waals surface area contributed by atoms with Crippen molar-refractivity contribution in [1.29, 1.82) is 0 Å². The van der Waals surface area contributed by atoms with Crippen molar-refractivity contribution in [3.8, 4) is 5.69 Å². The van der Waals surface area contributed by atoms with Crippen molar-refractivity contribution in [3.63, 3.8) is 0 Å². The zero-order valence-electron chi connectivity index (χ0n) is 19.2. The van der Waals surface area contributed by atoms with Crippen LogP contribution >= 0.6 is 11.8 Å². The first-order chi connectivity index (χ1) is 16.6. The number of hydrogen-bond donors (Lipinski definition) is 1. The Hall–Kier alpha value is -3.43. The predicted molar refractivity (Wildman–Crippen MR) is 135 cm³/mol. The predicted octanol–water partition coefficient (Wildman–Crippen LogP) is 4.00. The molecule has 5 rings (SSSR count). The van der Waals surface area contributed by atoms with Crippen molar-refractivity contribution in [3.05, 3.63) is 66.1 Å². The van der Waals surface area contributed by atoms with Crippen LogP contribution in [0.2, 0.25) is 0 Å². The topological polar surface area (TPSA) is 85.2 Å². The van der Waals surface area contributed by atoms with Gasteiger partial charge >= 0.3 is 0 Å². The number of nitrogens with one attached hydrogen (secondary N) is 1. The maximum atomic E-state index is 12.8. The molecule has 174 valence electrons. The number of fused-ring (bicyclic) bond motifs is 1. The molecule has 34 heavy (non-hydrogen) atoms. The van der Waals surface area contributed by atoms with E-state index in [4.69, 9.17) is 4.74 Å². The minimum Gasteiger partial charge on any atom is -0.378 e. The largest absolute Gasteiger partial charge is 0.378 e. The molecule has 3 heterocycles. The number of benzene rings is 2. The lowest BCUT2D eigenvalue weighted by atomic mass is 10.1. The van der Waals surface area contributed by atoms with Gasteiger partial charge in [0.1, 0.15) is 11.4 Å². The Morgan fingerprint density at radius 1 is 1.09 bits per heavy atom. The van der Waals surface area contributed by atoms with E-state index >= 15 is 0 Å². The number of ether oxygens (including phenoxy) is 1. The van der Waals surface area contributed by atoms with Gasteiger partial charge < -0.3 is 15.0 Å². The summed E-state index contributed by atoms with van der Waals surface area (Å²) in [6.45, 7) is 7.17. The van der Waals surface area contributed by atoms with Crippen molar-refractivity contribution in [2.24, 2.45) is 0 Å². The maximum absolute atomic E-state index is 12.8. The SMILES string of the molecule is Cc1ccc(-n2ncc3c(SCC(=O)Nc4ccccc4N4CCOCC4)ncnc32)cc1C. The average molecular weight is 475 g/mol. The molecule has 0 saturated carbocycles. The van der Waals surface area contributed by atoms with E-state index in [0.717, 1.165) is 46.2 Å². The Morgan fingerprint density at radius 2 is 1.91 bits per heavy atom. The lowest BCUT2D eigenvalue weighted by Crippen LogP contribution is -2.36. The number of rotatable bonds is 6. The van der Waals surface area contributed by atoms with Crippen LogP contribution in [0.15, 0.2) is 60.0 Å². The number of thioether (sulfide) groups is 1. The number of para-hydroxylation sites is 2. The van der Waals surface area contributed by atoms with Crippen molar-refractivity contribution >= 4 is 40.1 Å². The zero-order chi connectivity index (χ0) is 23.5. The summed E-state index contributed by atoms with van der Waals surface area (Å²) < 4.78 is 7.27. The first-order valence-electron chi connectivity index (χ1n) is 11.2. The molecule has 1 amide bonds. The highest BCUT2D eigenvalue weighted by molar-refractivity contribution is 8.00. The number of nitrogens with zero attached hydrogens (tertiary/aromatic N) is 5. The molecule has 8 nitrogen and oxygen atoms in total. The van der Waals surface area contributed by atoms with Gasteiger partial charge in [0.15, 0.2) is 5.65 Å². The van der Waals surface area contributed by atoms with Crippen LogP contribution in [-0.2, 0) is 9.53 Å². The molecule has 1 saturated heterocycles. The fourth-order valence-electron chi connectivity index (χ4n) is 3.96. The van der Waals surface area contributed by atoms with Crippen LogP contribution in [-0.4, -0.2) is 57.7 Å². The molecule has 2 aromatic heterocycles. The van der Waals surface area contributed by atoms with Crippen molar-refractivity contribution in [2.45, 2.75) is 18.9 Å². The minimum absolute atomic E-state index is 0.0842. The van der Waals surface area contributed by atoms with E-state index in [1.165, 1.54) is 29.2 Å². The molecule has 1 aliphatic heterocycles. The van der Waals surface area contributed by atoms with Crippen molar-refractivity contribution < 1.29 is 9.53 Å². The fourth-order valence-corrected chi connectivity index (χ4v) is 4.72. The van der Waals surface area contributed by atoms with Gasteiger partial charge in [0.05, 0.1) is 47.6 Å². The Balaban J connectivity index is 1.31. The number of morpholine rings is 1. The molecule has 0 aliphatic carbocycles. The number of amides is 1. The fraction of sp³-hybridized carbons (Fsp3) is 0.280. The van der Waals surface area contributed by atoms with Crippen LogP contribution in [0.25, 0.3) is 16.7 Å². The number of carbonyl (C=O) groups is 1. The highest BCUT2D eigenvalue weighted by Gasteiger charge is 2.17. The van der Waals surface area contributed by atoms with Gasteiger partial charge in [-0.05, 0) is 49.2 Å². The summed E-state index contributed by atoms with van der Waals surface area (Å²) in [4.78, 5) is 23.9. The van der Waals surface area contributed by atoms with Crippen molar-refractivity contribution in [1.82, 2.24) is 19.7 Å². The van der Waals surface area contributed by atoms with Crippen LogP contribution in [0.5, 0.6) is 0 Å². The number of anilines is 2. The van der Waals surface area contributed by atoms with Gasteiger partial charge in [0.25, 0.3) is 0 Å². The van der Waals surface area contributed by atoms with E-state index < -0.39 is 0 Å². The first kappa shape index (κ1) is 22.4. The summed E-state index contributed by atoms with van der Waals surface area (Å²) in [6.07, 6.45) is 3.29. The molecule has 9 heteroatoms. The van der Waals surface area contributed by atoms with E-state index in [0.29, 0.717) is 13.2 Å². The Kier molecular flexibility index (Phi) is 6.46. The standard InChI is InChI=1S/C25H26N6O2S/c1-17-7-8-19(13-18(17)2)31-24-20(14-28-31)25(27-16-26-24)34-15-23(32)29-21-5-3-4-6-22(21)30-9-11-33-12-10-30/h3-8,13-14,16H,9-12,15H2,1-2H3,(H,29,32). The normalized spacial score (nSPS) is 13.9. The molecule has 0 bridgehead atoms. The van der Waals surface area contributed by atoms with Gasteiger partial charge in [-0.1, -0.05) is 30.0 Å². The molecule has 0 atom stereocenters. The van der Waals surface area contributed by atoms with Crippen molar-refractivity contribution in [2.75, 3.05) is 42.3 Å². The van der Waals surface area contributed by atoms with E-state index in [1.807, 2.05) is 35.0 Å². The van der Waals surface area contributed by atoms with E-state index in [9.17, 15) is 4.79 Å². The average Bonchev–Trinajstić information content (AvgIpc) is 3.30. The first-order valence-corrected chi connectivity index (χ1v) is 12.2. The van der Waals surface area contributed by atoms with Crippen LogP contribution in [0.3, 0.4) is 0 Å². The number of aromatic nitrogens is 4. The molecule has 4 aromatic rings. The smallest absolute Gasteiger partial charge is 0.234 e. The van der Waals surface area contributed by atoms with Crippen LogP contribution in [0.4, 0.5) is 11.4 Å². The Bertz CT molecular complexity index is 1330. The monoisotopic (exact) mass is 474 g/mol. The summed E-state index contributed by atoms with van der Waals surface area (Å²) in [5.41, 5.74) is 5.92. The second-order valence-electron chi connectivity index (χ2n) is 8.19. The summed E-state index contributed by atoms with van der Waals surface area (Å²) >= 11 is 1.38. The Morgan fingerprint density at radius 3 is 2.74 bits per heavy atom. The van der Waals surface area contributed by atoms with Crippen LogP contribution in [0, 0.1) is 13.8 Å². The maximum Gasteiger partial charge on any atom is 0.234 e. The lowest BCUT2D eigenvalue weighted by molar-refractivity contribution is -0.113. The van der Waals surface area contributed by atoms with E-state index in [-0.39, 0.29) is 11.7 Å². The summed E-state index contributed by atoms with van der Waals surface area (Å²) in [5, 5.41) is 9.16. The zero-order valence-corrected chi connectivity index (χ0v) is 20.0. The van der Waals surface area contributed by atoms with Gasteiger partial charge in [0, 0.05) is 13.1 Å². The third-order valence-corrected chi connectivity index (χ3v) is 6.94. The molecular formula is C25H26N6O2S. The highest BCUT2D eigenvalue weighted by Crippen LogP contribution is 2.29. The van der Waals surface area contributed by atoms with Crippen LogP contribution in [0.1, 0.15) is 11.1 Å². The third-order valence-electron chi connectivity index (χ3n) is 5.93. The van der Waals surface area contributed by atoms with Gasteiger partial charge in [-0.15, -0.1) is 0 Å². The summed E-state index contributed by atoms with van der Waals surface area (Å²) in [6, 6.07) is 14.1. The molecule has 1 aliphatic rings. The molecule has 0 radical (unpaired) electrons. The number of hydrogen-bond acceptors (Lipinski definition) is 7. The van der Waals surface area contributed by atoms with Gasteiger partial charge in [0.2, 0.25) is 5.91 Å². The summed E-state index contributed by atoms with van der Waals surface area (Å²) in [7, 11) is 0. The molecule has 0 spiro atoms. The lowest BCUT2D eigenvalue weighted by Gasteiger charge is -2.30. The number of aryl methyl sites for hydroxylation is 2. The second-order valence-corrected chi connectivity index (χ2v) is 9.16. The molecule has 1 N–H and O–H groups in total. The second kappa shape index (κ2) is 9.82. The van der Waals surface area contributed by atoms with E-state index in [2.05, 4.69) is 51.3 Å². The number of carbonyl (C=O) groups excluding carboxylic acids is 1.